The number of nitrogens with one attached hydrogen (secondary N) is 1. The number of hydrogen-bond acceptors (Lipinski definition) is 4. The van der Waals surface area contributed by atoms with Crippen molar-refractivity contribution in [2.24, 2.45) is 4.99 Å². The second-order valence-corrected chi connectivity index (χ2v) is 9.17. The predicted molar refractivity (Wildman–Crippen MR) is 137 cm³/mol. The number of benzene rings is 3. The van der Waals surface area contributed by atoms with Crippen molar-refractivity contribution >= 4 is 29.1 Å². The molecule has 0 bridgehead atoms. The zero-order chi connectivity index (χ0) is 26.6. The van der Waals surface area contributed by atoms with Crippen LogP contribution in [0.25, 0.3) is 11.1 Å². The first-order valence-corrected chi connectivity index (χ1v) is 12.5. The minimum Gasteiger partial charge on any atom is -0.320 e. The van der Waals surface area contributed by atoms with Gasteiger partial charge in [-0.3, -0.25) is 9.79 Å². The van der Waals surface area contributed by atoms with Crippen molar-refractivity contribution in [2.45, 2.75) is 30.0 Å². The highest BCUT2D eigenvalue weighted by molar-refractivity contribution is 7.98. The number of aliphatic imine (C=N–C) groups is 1. The largest absolute Gasteiger partial charge is 0.432 e. The van der Waals surface area contributed by atoms with Gasteiger partial charge in [0.25, 0.3) is 5.91 Å². The highest BCUT2D eigenvalue weighted by Crippen LogP contribution is 2.34. The average molecular weight is 524 g/mol. The summed E-state index contributed by atoms with van der Waals surface area (Å²) in [7, 11) is 0. The fourth-order valence-corrected chi connectivity index (χ4v) is 4.68. The molecule has 1 aliphatic rings. The molecule has 1 aliphatic heterocycles. The third kappa shape index (κ3) is 6.09. The molecule has 0 saturated carbocycles. The van der Waals surface area contributed by atoms with Crippen molar-refractivity contribution in [2.75, 3.05) is 11.6 Å². The molecule has 0 fully saturated rings. The molecule has 4 rings (SSSR count). The van der Waals surface area contributed by atoms with Gasteiger partial charge in [0.05, 0.1) is 23.4 Å². The van der Waals surface area contributed by atoms with Crippen LogP contribution in [0.4, 0.5) is 23.2 Å². The van der Waals surface area contributed by atoms with Gasteiger partial charge < -0.3 is 5.32 Å². The minimum absolute atomic E-state index is 0.0167. The van der Waals surface area contributed by atoms with E-state index in [-0.39, 0.29) is 24.1 Å². The molecule has 0 aliphatic carbocycles. The zero-order valence-electron chi connectivity index (χ0n) is 19.6. The maximum absolute atomic E-state index is 14.9. The van der Waals surface area contributed by atoms with Crippen LogP contribution >= 0.6 is 11.8 Å². The fourth-order valence-electron chi connectivity index (χ4n) is 4.06. The van der Waals surface area contributed by atoms with Gasteiger partial charge in [0.1, 0.15) is 11.5 Å². The molecule has 1 heterocycles. The number of anilines is 1. The standard InChI is InChI=1S/C28H21F4N3OS/c1-37-25-8-3-2-7-21(25)18-9-12-24(22(29)14-18)35-27(36)20-10-11-23(34-26(15-20)28(30,31)32)19-6-4-5-17(13-19)16-33/h2-9,12-15,23H,10-11H2,1H3,(H,35,36). The number of nitriles is 1. The van der Waals surface area contributed by atoms with Gasteiger partial charge in [0.2, 0.25) is 0 Å². The molecule has 9 heteroatoms. The topological polar surface area (TPSA) is 65.2 Å². The molecular formula is C28H21F4N3OS. The third-order valence-corrected chi connectivity index (χ3v) is 6.71. The van der Waals surface area contributed by atoms with E-state index in [2.05, 4.69) is 10.3 Å². The average Bonchev–Trinajstić information content (AvgIpc) is 3.14. The van der Waals surface area contributed by atoms with Gasteiger partial charge in [0, 0.05) is 10.5 Å². The second-order valence-electron chi connectivity index (χ2n) is 8.32. The van der Waals surface area contributed by atoms with Crippen LogP contribution in [0.2, 0.25) is 0 Å². The number of rotatable bonds is 5. The smallest absolute Gasteiger partial charge is 0.320 e. The van der Waals surface area contributed by atoms with Gasteiger partial charge in [-0.05, 0) is 72.2 Å². The first-order valence-electron chi connectivity index (χ1n) is 11.3. The van der Waals surface area contributed by atoms with Gasteiger partial charge in [-0.1, -0.05) is 36.4 Å². The molecule has 0 radical (unpaired) electrons. The second kappa shape index (κ2) is 11.0. The predicted octanol–water partition coefficient (Wildman–Crippen LogP) is 7.49. The first-order chi connectivity index (χ1) is 17.7. The Morgan fingerprint density at radius 1 is 1.11 bits per heavy atom. The van der Waals surface area contributed by atoms with Gasteiger partial charge in [-0.25, -0.2) is 4.39 Å². The molecule has 1 atom stereocenters. The summed E-state index contributed by atoms with van der Waals surface area (Å²) in [5, 5.41) is 11.5. The Balaban J connectivity index is 1.58. The lowest BCUT2D eigenvalue weighted by Gasteiger charge is -2.14. The number of carbonyl (C=O) groups is 1. The fraction of sp³-hybridized carbons (Fsp3) is 0.179. The van der Waals surface area contributed by atoms with Crippen LogP contribution in [0.1, 0.15) is 30.0 Å². The molecule has 1 N–H and O–H groups in total. The Morgan fingerprint density at radius 3 is 2.59 bits per heavy atom. The number of allylic oxidation sites excluding steroid dienone is 1. The molecule has 3 aromatic rings. The van der Waals surface area contributed by atoms with E-state index >= 15 is 0 Å². The zero-order valence-corrected chi connectivity index (χ0v) is 20.5. The Hall–Kier alpha value is -3.90. The van der Waals surface area contributed by atoms with E-state index in [1.807, 2.05) is 36.6 Å². The van der Waals surface area contributed by atoms with Crippen molar-refractivity contribution in [3.05, 3.63) is 95.3 Å². The van der Waals surface area contributed by atoms with Crippen molar-refractivity contribution in [3.8, 4) is 17.2 Å². The molecule has 37 heavy (non-hydrogen) atoms. The lowest BCUT2D eigenvalue weighted by molar-refractivity contribution is -0.113. The highest BCUT2D eigenvalue weighted by atomic mass is 32.2. The van der Waals surface area contributed by atoms with Crippen LogP contribution in [0.15, 0.2) is 88.3 Å². The van der Waals surface area contributed by atoms with Gasteiger partial charge in [0.15, 0.2) is 0 Å². The number of thioether (sulfide) groups is 1. The van der Waals surface area contributed by atoms with Crippen LogP contribution in [-0.2, 0) is 4.79 Å². The number of alkyl halides is 3. The summed E-state index contributed by atoms with van der Waals surface area (Å²) in [6.45, 7) is 0. The van der Waals surface area contributed by atoms with Gasteiger partial charge in [-0.15, -0.1) is 11.8 Å². The highest BCUT2D eigenvalue weighted by Gasteiger charge is 2.37. The first kappa shape index (κ1) is 26.2. The molecule has 188 valence electrons. The lowest BCUT2D eigenvalue weighted by atomic mass is 9.98. The van der Waals surface area contributed by atoms with Gasteiger partial charge >= 0.3 is 6.18 Å². The van der Waals surface area contributed by atoms with Crippen molar-refractivity contribution in [1.82, 2.24) is 0 Å². The maximum atomic E-state index is 14.9. The van der Waals surface area contributed by atoms with Crippen molar-refractivity contribution < 1.29 is 22.4 Å². The Bertz CT molecular complexity index is 1440. The van der Waals surface area contributed by atoms with Gasteiger partial charge in [-0.2, -0.15) is 18.4 Å². The van der Waals surface area contributed by atoms with Crippen molar-refractivity contribution in [3.63, 3.8) is 0 Å². The van der Waals surface area contributed by atoms with E-state index in [4.69, 9.17) is 5.26 Å². The van der Waals surface area contributed by atoms with Crippen LogP contribution in [0, 0.1) is 17.1 Å². The summed E-state index contributed by atoms with van der Waals surface area (Å²) in [5.74, 6) is -1.54. The van der Waals surface area contributed by atoms with E-state index in [9.17, 15) is 22.4 Å². The Labute approximate surface area is 215 Å². The van der Waals surface area contributed by atoms with Crippen LogP contribution in [0.3, 0.4) is 0 Å². The quantitative estimate of drug-likeness (QED) is 0.278. The number of amides is 1. The van der Waals surface area contributed by atoms with Crippen molar-refractivity contribution in [1.29, 1.82) is 5.26 Å². The van der Waals surface area contributed by atoms with E-state index in [0.29, 0.717) is 22.8 Å². The maximum Gasteiger partial charge on any atom is 0.432 e. The van der Waals surface area contributed by atoms with Crippen LogP contribution in [0.5, 0.6) is 0 Å². The third-order valence-electron chi connectivity index (χ3n) is 5.91. The number of nitrogens with zero attached hydrogens (tertiary/aromatic N) is 2. The summed E-state index contributed by atoms with van der Waals surface area (Å²) in [4.78, 5) is 17.7. The number of hydrogen-bond donors (Lipinski definition) is 1. The number of halogens is 4. The SMILES string of the molecule is CSc1ccccc1-c1ccc(NC(=O)C2=CC(C(F)(F)F)=NC(c3cccc(C#N)c3)CC2)c(F)c1. The minimum atomic E-state index is -4.79. The normalized spacial score (nSPS) is 15.7. The molecule has 1 amide bonds. The van der Waals surface area contributed by atoms with Crippen LogP contribution in [-0.4, -0.2) is 24.1 Å². The molecule has 0 spiro atoms. The lowest BCUT2D eigenvalue weighted by Crippen LogP contribution is -2.23. The number of carbonyl (C=O) groups excluding carboxylic acids is 1. The van der Waals surface area contributed by atoms with E-state index in [1.54, 1.807) is 24.3 Å². The van der Waals surface area contributed by atoms with E-state index < -0.39 is 29.7 Å². The summed E-state index contributed by atoms with van der Waals surface area (Å²) in [6.07, 6.45) is -2.08. The van der Waals surface area contributed by atoms with Crippen LogP contribution < -0.4 is 5.32 Å². The summed E-state index contributed by atoms with van der Waals surface area (Å²) < 4.78 is 56.1. The molecule has 0 saturated heterocycles. The molecular weight excluding hydrogens is 502 g/mol. The van der Waals surface area contributed by atoms with E-state index in [0.717, 1.165) is 10.5 Å². The molecule has 3 aromatic carbocycles. The Kier molecular flexibility index (Phi) is 7.79. The monoisotopic (exact) mass is 523 g/mol. The Morgan fingerprint density at radius 2 is 1.89 bits per heavy atom. The van der Waals surface area contributed by atoms with E-state index in [1.165, 1.54) is 30.0 Å². The summed E-state index contributed by atoms with van der Waals surface area (Å²) >= 11 is 1.52. The summed E-state index contributed by atoms with van der Waals surface area (Å²) in [5.41, 5.74) is 0.694. The summed E-state index contributed by atoms with van der Waals surface area (Å²) in [6, 6.07) is 19.1. The molecule has 4 nitrogen and oxygen atoms in total. The molecule has 1 unspecified atom stereocenters. The molecule has 0 aromatic heterocycles.